The minimum absolute atomic E-state index is 0.0168. The molecule has 0 spiro atoms. The maximum absolute atomic E-state index is 14.0. The molecule has 1 saturated carbocycles. The highest BCUT2D eigenvalue weighted by atomic mass is 19.1. The second-order valence-corrected chi connectivity index (χ2v) is 9.60. The fourth-order valence-electron chi connectivity index (χ4n) is 4.70. The first-order valence-electron chi connectivity index (χ1n) is 12.4. The number of aliphatic hydroxyl groups is 1. The van der Waals surface area contributed by atoms with E-state index < -0.39 is 18.0 Å². The summed E-state index contributed by atoms with van der Waals surface area (Å²) in [5, 5.41) is 13.5. The first kappa shape index (κ1) is 24.2. The van der Waals surface area contributed by atoms with Crippen molar-refractivity contribution in [2.45, 2.75) is 51.7 Å². The summed E-state index contributed by atoms with van der Waals surface area (Å²) in [5.74, 6) is 0.111. The predicted molar refractivity (Wildman–Crippen MR) is 131 cm³/mol. The molecule has 1 aromatic carbocycles. The number of nitrogens with one attached hydrogen (secondary N) is 2. The average molecular weight is 496 g/mol. The molecule has 1 aliphatic carbocycles. The molecular formula is C26H30FN5O4. The number of aryl methyl sites for hydroxylation is 1. The van der Waals surface area contributed by atoms with E-state index in [4.69, 9.17) is 4.74 Å². The van der Waals surface area contributed by atoms with Crippen molar-refractivity contribution in [3.05, 3.63) is 41.6 Å². The molecule has 10 heteroatoms. The molecule has 9 nitrogen and oxygen atoms in total. The number of halogens is 1. The second kappa shape index (κ2) is 9.85. The number of aliphatic hydroxyl groups excluding tert-OH is 1. The molecule has 190 valence electrons. The van der Waals surface area contributed by atoms with Crippen molar-refractivity contribution in [2.24, 2.45) is 5.92 Å². The number of β-amino-alcohol motifs (C(OH)–C–C–N with tert-alkyl or cyclic N) is 1. The van der Waals surface area contributed by atoms with Gasteiger partial charge in [-0.2, -0.15) is 0 Å². The number of carbonyl (C=O) groups excluding carboxylic acids is 2. The van der Waals surface area contributed by atoms with Crippen LogP contribution < -0.4 is 10.1 Å². The summed E-state index contributed by atoms with van der Waals surface area (Å²) < 4.78 is 19.9. The zero-order valence-electron chi connectivity index (χ0n) is 20.4. The number of aromatic nitrogens is 3. The number of carbonyl (C=O) groups is 2. The Labute approximate surface area is 208 Å². The highest BCUT2D eigenvalue weighted by Gasteiger charge is 2.32. The maximum Gasteiger partial charge on any atom is 0.255 e. The van der Waals surface area contributed by atoms with Crippen LogP contribution in [-0.2, 0) is 4.79 Å². The molecule has 1 saturated heterocycles. The van der Waals surface area contributed by atoms with Crippen LogP contribution in [0, 0.1) is 18.7 Å². The summed E-state index contributed by atoms with van der Waals surface area (Å²) in [7, 11) is 0. The van der Waals surface area contributed by atoms with Crippen LogP contribution in [-0.4, -0.2) is 68.6 Å². The molecule has 0 bridgehead atoms. The van der Waals surface area contributed by atoms with Gasteiger partial charge in [-0.05, 0) is 44.2 Å². The Morgan fingerprint density at radius 1 is 1.28 bits per heavy atom. The SMILES string of the molecule is CCC(=O)N1CC[C@H](NC(=O)c2c(C)[nH]c3c(-c4ccc(F)cc4OCC4CC4)ncnc23)[C@H](O)C1. The molecule has 1 aliphatic heterocycles. The van der Waals surface area contributed by atoms with Gasteiger partial charge in [-0.1, -0.05) is 6.92 Å². The molecule has 2 aromatic heterocycles. The van der Waals surface area contributed by atoms with Gasteiger partial charge < -0.3 is 25.0 Å². The highest BCUT2D eigenvalue weighted by molar-refractivity contribution is 6.09. The van der Waals surface area contributed by atoms with Crippen molar-refractivity contribution >= 4 is 22.8 Å². The van der Waals surface area contributed by atoms with Gasteiger partial charge in [0.2, 0.25) is 5.91 Å². The maximum atomic E-state index is 14.0. The van der Waals surface area contributed by atoms with Gasteiger partial charge in [0.05, 0.1) is 29.8 Å². The third-order valence-electron chi connectivity index (χ3n) is 6.92. The number of hydrogen-bond acceptors (Lipinski definition) is 6. The molecule has 3 aromatic rings. The van der Waals surface area contributed by atoms with Crippen LogP contribution in [0.1, 0.15) is 48.7 Å². The van der Waals surface area contributed by atoms with E-state index in [2.05, 4.69) is 20.3 Å². The number of hydrogen-bond donors (Lipinski definition) is 3. The predicted octanol–water partition coefficient (Wildman–Crippen LogP) is 2.96. The quantitative estimate of drug-likeness (QED) is 0.464. The number of likely N-dealkylation sites (tertiary alicyclic amines) is 1. The van der Waals surface area contributed by atoms with Crippen molar-refractivity contribution < 1.29 is 23.8 Å². The van der Waals surface area contributed by atoms with Crippen LogP contribution in [0.4, 0.5) is 4.39 Å². The fourth-order valence-corrected chi connectivity index (χ4v) is 4.70. The Hall–Kier alpha value is -3.53. The van der Waals surface area contributed by atoms with E-state index in [1.807, 2.05) is 0 Å². The second-order valence-electron chi connectivity index (χ2n) is 9.60. The van der Waals surface area contributed by atoms with Crippen molar-refractivity contribution in [2.75, 3.05) is 19.7 Å². The molecule has 2 fully saturated rings. The molecule has 0 unspecified atom stereocenters. The largest absolute Gasteiger partial charge is 0.492 e. The topological polar surface area (TPSA) is 120 Å². The van der Waals surface area contributed by atoms with E-state index >= 15 is 0 Å². The lowest BCUT2D eigenvalue weighted by Crippen LogP contribution is -2.55. The van der Waals surface area contributed by atoms with Gasteiger partial charge in [0.1, 0.15) is 29.1 Å². The number of ether oxygens (including phenoxy) is 1. The van der Waals surface area contributed by atoms with Crippen molar-refractivity contribution in [1.29, 1.82) is 0 Å². The molecule has 2 aliphatic rings. The summed E-state index contributed by atoms with van der Waals surface area (Å²) in [5.41, 5.74) is 3.06. The van der Waals surface area contributed by atoms with Gasteiger partial charge in [-0.25, -0.2) is 14.4 Å². The Kier molecular flexibility index (Phi) is 6.61. The molecule has 3 N–H and O–H groups in total. The van der Waals surface area contributed by atoms with Crippen molar-refractivity contribution in [1.82, 2.24) is 25.2 Å². The summed E-state index contributed by atoms with van der Waals surface area (Å²) in [6.07, 6.45) is 3.57. The van der Waals surface area contributed by atoms with Crippen LogP contribution in [0.15, 0.2) is 24.5 Å². The summed E-state index contributed by atoms with van der Waals surface area (Å²) in [6.45, 7) is 4.74. The number of piperidine rings is 1. The van der Waals surface area contributed by atoms with Gasteiger partial charge >= 0.3 is 0 Å². The smallest absolute Gasteiger partial charge is 0.255 e. The number of nitrogens with zero attached hydrogens (tertiary/aromatic N) is 3. The zero-order valence-corrected chi connectivity index (χ0v) is 20.4. The first-order valence-corrected chi connectivity index (χ1v) is 12.4. The summed E-state index contributed by atoms with van der Waals surface area (Å²) in [6, 6.07) is 3.85. The number of fused-ring (bicyclic) bond motifs is 1. The van der Waals surface area contributed by atoms with Gasteiger partial charge in [-0.15, -0.1) is 0 Å². The normalized spacial score (nSPS) is 19.9. The van der Waals surface area contributed by atoms with Crippen LogP contribution >= 0.6 is 0 Å². The monoisotopic (exact) mass is 495 g/mol. The van der Waals surface area contributed by atoms with E-state index in [1.165, 1.54) is 18.5 Å². The molecule has 2 atom stereocenters. The minimum Gasteiger partial charge on any atom is -0.492 e. The third-order valence-corrected chi connectivity index (χ3v) is 6.92. The molecule has 3 heterocycles. The Morgan fingerprint density at radius 2 is 2.08 bits per heavy atom. The number of benzene rings is 1. The Bertz CT molecular complexity index is 1300. The Morgan fingerprint density at radius 3 is 2.81 bits per heavy atom. The fraction of sp³-hybridized carbons (Fsp3) is 0.462. The molecular weight excluding hydrogens is 465 g/mol. The standard InChI is InChI=1S/C26H30FN5O4/c1-3-21(34)32-9-8-18(19(33)11-32)31-26(35)22-14(2)30-25-23(28-13-29-24(22)25)17-7-6-16(27)10-20(17)36-12-15-4-5-15/h6-7,10,13,15,18-19,30,33H,3-5,8-9,11-12H2,1-2H3,(H,31,35)/t18-,19+/m0/s1. The van der Waals surface area contributed by atoms with E-state index in [1.54, 1.807) is 24.8 Å². The third kappa shape index (κ3) is 4.77. The lowest BCUT2D eigenvalue weighted by molar-refractivity contribution is -0.134. The molecule has 5 rings (SSSR count). The van der Waals surface area contributed by atoms with Crippen LogP contribution in [0.5, 0.6) is 5.75 Å². The highest BCUT2D eigenvalue weighted by Crippen LogP contribution is 2.36. The van der Waals surface area contributed by atoms with Crippen LogP contribution in [0.25, 0.3) is 22.3 Å². The van der Waals surface area contributed by atoms with E-state index in [0.29, 0.717) is 71.2 Å². The lowest BCUT2D eigenvalue weighted by atomic mass is 10.0. The number of amides is 2. The van der Waals surface area contributed by atoms with E-state index in [0.717, 1.165) is 12.8 Å². The van der Waals surface area contributed by atoms with Gasteiger partial charge in [-0.3, -0.25) is 9.59 Å². The average Bonchev–Trinajstić information content (AvgIpc) is 3.63. The number of aromatic amines is 1. The minimum atomic E-state index is -0.862. The zero-order chi connectivity index (χ0) is 25.4. The molecule has 2 amide bonds. The van der Waals surface area contributed by atoms with Gasteiger partial charge in [0.25, 0.3) is 5.91 Å². The Balaban J connectivity index is 1.42. The van der Waals surface area contributed by atoms with E-state index in [-0.39, 0.29) is 18.4 Å². The van der Waals surface area contributed by atoms with Crippen molar-refractivity contribution in [3.8, 4) is 17.0 Å². The van der Waals surface area contributed by atoms with Crippen LogP contribution in [0.2, 0.25) is 0 Å². The lowest BCUT2D eigenvalue weighted by Gasteiger charge is -2.36. The summed E-state index contributed by atoms with van der Waals surface area (Å²) >= 11 is 0. The molecule has 0 radical (unpaired) electrons. The van der Waals surface area contributed by atoms with Gasteiger partial charge in [0.15, 0.2) is 0 Å². The van der Waals surface area contributed by atoms with Crippen molar-refractivity contribution in [3.63, 3.8) is 0 Å². The van der Waals surface area contributed by atoms with E-state index in [9.17, 15) is 19.1 Å². The van der Waals surface area contributed by atoms with Crippen LogP contribution in [0.3, 0.4) is 0 Å². The first-order chi connectivity index (χ1) is 17.4. The number of H-pyrrole nitrogens is 1. The van der Waals surface area contributed by atoms with Gasteiger partial charge in [0, 0.05) is 36.8 Å². The summed E-state index contributed by atoms with van der Waals surface area (Å²) in [4.78, 5) is 38.9. The number of rotatable bonds is 7. The molecule has 36 heavy (non-hydrogen) atoms.